The predicted molar refractivity (Wildman–Crippen MR) is 53.7 cm³/mol. The number of aromatic nitrogens is 1. The zero-order valence-electron chi connectivity index (χ0n) is 9.13. The molecular weight excluding hydrogens is 295 g/mol. The summed E-state index contributed by atoms with van der Waals surface area (Å²) < 4.78 is 62.4. The molecule has 106 valence electrons. The van der Waals surface area contributed by atoms with E-state index < -0.39 is 37.8 Å². The quantitative estimate of drug-likeness (QED) is 0.651. The van der Waals surface area contributed by atoms with Crippen LogP contribution in [0.15, 0.2) is 11.1 Å². The Bertz CT molecular complexity index is 628. The van der Waals surface area contributed by atoms with E-state index in [9.17, 15) is 31.7 Å². The topological polar surface area (TPSA) is 125 Å². The summed E-state index contributed by atoms with van der Waals surface area (Å²) in [7, 11) is -4.83. The number of sulfonamides is 1. The molecule has 0 unspecified atom stereocenters. The second-order valence-electron chi connectivity index (χ2n) is 3.27. The Kier molecular flexibility index (Phi) is 3.67. The molecule has 1 heterocycles. The Labute approximate surface area is 104 Å². The number of nitro groups is 1. The summed E-state index contributed by atoms with van der Waals surface area (Å²) in [6.45, 7) is 1.03. The summed E-state index contributed by atoms with van der Waals surface area (Å²) in [6.07, 6.45) is -4.56. The van der Waals surface area contributed by atoms with Crippen LogP contribution in [0.25, 0.3) is 0 Å². The third-order valence-corrected chi connectivity index (χ3v) is 2.76. The number of pyridine rings is 1. The number of halogens is 3. The van der Waals surface area contributed by atoms with E-state index >= 15 is 0 Å². The van der Waals surface area contributed by atoms with Crippen molar-refractivity contribution in [2.45, 2.75) is 18.2 Å². The number of hydrogen-bond donors (Lipinski definition) is 1. The number of rotatable bonds is 3. The molecular formula is C7H6F3N3O5S. The number of aryl methyl sites for hydroxylation is 1. The van der Waals surface area contributed by atoms with E-state index in [0.29, 0.717) is 6.20 Å². The van der Waals surface area contributed by atoms with Gasteiger partial charge in [-0.25, -0.2) is 13.6 Å². The zero-order valence-corrected chi connectivity index (χ0v) is 9.95. The van der Waals surface area contributed by atoms with Crippen LogP contribution in [0.2, 0.25) is 0 Å². The van der Waals surface area contributed by atoms with Crippen molar-refractivity contribution in [3.05, 3.63) is 21.9 Å². The first-order chi connectivity index (χ1) is 8.43. The van der Waals surface area contributed by atoms with Crippen LogP contribution < -0.4 is 9.88 Å². The van der Waals surface area contributed by atoms with Gasteiger partial charge in [-0.1, -0.05) is 0 Å². The Balaban J connectivity index is 3.69. The van der Waals surface area contributed by atoms with Gasteiger partial charge in [0.1, 0.15) is 6.20 Å². The van der Waals surface area contributed by atoms with Crippen LogP contribution in [0.3, 0.4) is 0 Å². The van der Waals surface area contributed by atoms with Crippen molar-refractivity contribution in [1.82, 2.24) is 4.98 Å². The monoisotopic (exact) mass is 301 g/mol. The molecule has 1 aromatic heterocycles. The summed E-state index contributed by atoms with van der Waals surface area (Å²) >= 11 is 0. The van der Waals surface area contributed by atoms with Gasteiger partial charge in [-0.15, -0.1) is 13.2 Å². The predicted octanol–water partition coefficient (Wildman–Crippen LogP) is 0.844. The maximum absolute atomic E-state index is 12.2. The molecule has 0 aliphatic heterocycles. The minimum absolute atomic E-state index is 0.369. The molecule has 0 saturated heterocycles. The van der Waals surface area contributed by atoms with E-state index in [1.165, 1.54) is 0 Å². The van der Waals surface area contributed by atoms with Crippen molar-refractivity contribution < 1.29 is 31.2 Å². The van der Waals surface area contributed by atoms with E-state index in [1.54, 1.807) is 0 Å². The highest BCUT2D eigenvalue weighted by molar-refractivity contribution is 7.89. The van der Waals surface area contributed by atoms with Gasteiger partial charge in [0.15, 0.2) is 5.75 Å². The molecule has 1 aromatic rings. The van der Waals surface area contributed by atoms with Crippen molar-refractivity contribution >= 4 is 15.8 Å². The van der Waals surface area contributed by atoms with Crippen molar-refractivity contribution in [3.63, 3.8) is 0 Å². The van der Waals surface area contributed by atoms with Gasteiger partial charge >= 0.3 is 12.2 Å². The lowest BCUT2D eigenvalue weighted by molar-refractivity contribution is -0.393. The lowest BCUT2D eigenvalue weighted by atomic mass is 10.3. The second kappa shape index (κ2) is 4.62. The Morgan fingerprint density at radius 3 is 2.37 bits per heavy atom. The van der Waals surface area contributed by atoms with Crippen LogP contribution in [0, 0.1) is 17.0 Å². The van der Waals surface area contributed by atoms with Crippen molar-refractivity contribution in [2.75, 3.05) is 0 Å². The molecule has 0 aliphatic carbocycles. The zero-order chi connectivity index (χ0) is 15.0. The first-order valence-electron chi connectivity index (χ1n) is 4.36. The molecule has 0 amide bonds. The number of nitrogens with two attached hydrogens (primary N) is 1. The molecule has 0 radical (unpaired) electrons. The molecule has 0 saturated carbocycles. The van der Waals surface area contributed by atoms with Crippen LogP contribution in [0.4, 0.5) is 19.0 Å². The lowest BCUT2D eigenvalue weighted by Crippen LogP contribution is -2.23. The first-order valence-corrected chi connectivity index (χ1v) is 5.90. The average molecular weight is 301 g/mol. The molecule has 1 rings (SSSR count). The third-order valence-electron chi connectivity index (χ3n) is 1.82. The van der Waals surface area contributed by atoms with Gasteiger partial charge in [0, 0.05) is 5.56 Å². The standard InChI is InChI=1S/C7H6F3N3O5S/c1-3-2-12-6(13(14)15)5(19(11,16)17)4(3)18-7(8,9)10/h2H,1H3,(H2,11,16,17). The average Bonchev–Trinajstić information content (AvgIpc) is 2.16. The number of alkyl halides is 3. The molecule has 12 heteroatoms. The fraction of sp³-hybridized carbons (Fsp3) is 0.286. The molecule has 0 atom stereocenters. The highest BCUT2D eigenvalue weighted by Gasteiger charge is 2.39. The van der Waals surface area contributed by atoms with Gasteiger partial charge in [0.2, 0.25) is 14.9 Å². The van der Waals surface area contributed by atoms with Crippen molar-refractivity contribution in [2.24, 2.45) is 5.14 Å². The smallest absolute Gasteiger partial charge is 0.404 e. The normalized spacial score (nSPS) is 12.3. The SMILES string of the molecule is Cc1cnc([N+](=O)[O-])c(S(N)(=O)=O)c1OC(F)(F)F. The third kappa shape index (κ3) is 3.51. The van der Waals surface area contributed by atoms with Crippen LogP contribution in [-0.2, 0) is 10.0 Å². The van der Waals surface area contributed by atoms with Gasteiger partial charge in [-0.05, 0) is 16.8 Å². The fourth-order valence-corrected chi connectivity index (χ4v) is 2.03. The van der Waals surface area contributed by atoms with Gasteiger partial charge in [-0.3, -0.25) is 0 Å². The van der Waals surface area contributed by atoms with Crippen LogP contribution in [0.1, 0.15) is 5.56 Å². The Hall–Kier alpha value is -1.95. The number of nitrogens with zero attached hydrogens (tertiary/aromatic N) is 2. The summed E-state index contributed by atoms with van der Waals surface area (Å²) in [6, 6.07) is 0. The highest BCUT2D eigenvalue weighted by Crippen LogP contribution is 2.36. The molecule has 2 N–H and O–H groups in total. The van der Waals surface area contributed by atoms with Gasteiger partial charge < -0.3 is 14.9 Å². The van der Waals surface area contributed by atoms with E-state index in [4.69, 9.17) is 0 Å². The molecule has 19 heavy (non-hydrogen) atoms. The highest BCUT2D eigenvalue weighted by atomic mass is 32.2. The summed E-state index contributed by atoms with van der Waals surface area (Å²) in [5.41, 5.74) is -0.369. The number of primary sulfonamides is 1. The van der Waals surface area contributed by atoms with Gasteiger partial charge in [0.25, 0.3) is 0 Å². The Morgan fingerprint density at radius 2 is 2.00 bits per heavy atom. The second-order valence-corrected chi connectivity index (χ2v) is 4.77. The summed E-state index contributed by atoms with van der Waals surface area (Å²) in [5.74, 6) is -2.61. The van der Waals surface area contributed by atoms with E-state index in [2.05, 4.69) is 14.9 Å². The number of ether oxygens (including phenoxy) is 1. The van der Waals surface area contributed by atoms with E-state index in [0.717, 1.165) is 6.92 Å². The first kappa shape index (κ1) is 15.1. The molecule has 0 aliphatic rings. The van der Waals surface area contributed by atoms with Crippen molar-refractivity contribution in [3.8, 4) is 5.75 Å². The molecule has 8 nitrogen and oxygen atoms in total. The minimum Gasteiger partial charge on any atom is -0.404 e. The van der Waals surface area contributed by atoms with Crippen LogP contribution >= 0.6 is 0 Å². The Morgan fingerprint density at radius 1 is 1.47 bits per heavy atom. The molecule has 0 bridgehead atoms. The molecule has 0 fully saturated rings. The summed E-state index contributed by atoms with van der Waals surface area (Å²) in [4.78, 5) is 11.0. The van der Waals surface area contributed by atoms with Crippen LogP contribution in [-0.4, -0.2) is 24.7 Å². The largest absolute Gasteiger partial charge is 0.573 e. The fourth-order valence-electron chi connectivity index (χ4n) is 1.18. The summed E-state index contributed by atoms with van der Waals surface area (Å²) in [5, 5.41) is 15.2. The number of hydrogen-bond acceptors (Lipinski definition) is 6. The minimum atomic E-state index is -5.24. The molecule has 0 aromatic carbocycles. The maximum Gasteiger partial charge on any atom is 0.573 e. The van der Waals surface area contributed by atoms with Crippen LogP contribution in [0.5, 0.6) is 5.75 Å². The van der Waals surface area contributed by atoms with E-state index in [-0.39, 0.29) is 5.56 Å². The van der Waals surface area contributed by atoms with Gasteiger partial charge in [-0.2, -0.15) is 0 Å². The molecule has 0 spiro atoms. The maximum atomic E-state index is 12.2. The van der Waals surface area contributed by atoms with Crippen molar-refractivity contribution in [1.29, 1.82) is 0 Å². The lowest BCUT2D eigenvalue weighted by Gasteiger charge is -2.13. The van der Waals surface area contributed by atoms with E-state index in [1.807, 2.05) is 0 Å². The van der Waals surface area contributed by atoms with Gasteiger partial charge in [0.05, 0.1) is 0 Å².